The minimum atomic E-state index is -3.67. The number of halogens is 1. The van der Waals surface area contributed by atoms with Gasteiger partial charge in [-0.2, -0.15) is 8.42 Å². The second kappa shape index (κ2) is 6.36. The quantitative estimate of drug-likeness (QED) is 0.760. The third kappa shape index (κ3) is 3.50. The van der Waals surface area contributed by atoms with Gasteiger partial charge in [-0.1, -0.05) is 18.6 Å². The molecule has 0 aromatic heterocycles. The molecule has 6 heteroatoms. The van der Waals surface area contributed by atoms with Crippen molar-refractivity contribution in [1.82, 2.24) is 4.90 Å². The summed E-state index contributed by atoms with van der Waals surface area (Å²) in [5, 5.41) is 0. The van der Waals surface area contributed by atoms with Gasteiger partial charge >= 0.3 is 0 Å². The maximum Gasteiger partial charge on any atom is 0.298 e. The highest BCUT2D eigenvalue weighted by Crippen LogP contribution is 2.33. The van der Waals surface area contributed by atoms with Crippen molar-refractivity contribution in [3.63, 3.8) is 0 Å². The van der Waals surface area contributed by atoms with Crippen molar-refractivity contribution in [1.29, 1.82) is 0 Å². The van der Waals surface area contributed by atoms with Crippen LogP contribution in [0.1, 0.15) is 32.1 Å². The molecule has 1 aromatic rings. The molecule has 0 spiro atoms. The minimum Gasteiger partial charge on any atom is -0.300 e. The van der Waals surface area contributed by atoms with Gasteiger partial charge in [-0.25, -0.2) is 0 Å². The standard InChI is InChI=1S/C15H20BrNO3S/c16-14-6-2-3-7-15(14)21(18,19)20-13-10-12(11-13)17-8-4-1-5-9-17/h2-3,6-7,12-13H,1,4-5,8-11H2. The lowest BCUT2D eigenvalue weighted by atomic mass is 9.87. The average molecular weight is 374 g/mol. The van der Waals surface area contributed by atoms with E-state index in [-0.39, 0.29) is 11.0 Å². The van der Waals surface area contributed by atoms with Gasteiger partial charge in [0.15, 0.2) is 0 Å². The van der Waals surface area contributed by atoms with Crippen LogP contribution in [0.25, 0.3) is 0 Å². The second-order valence-corrected chi connectivity index (χ2v) is 8.22. The maximum atomic E-state index is 12.3. The molecule has 0 amide bonds. The summed E-state index contributed by atoms with van der Waals surface area (Å²) in [6.45, 7) is 2.29. The van der Waals surface area contributed by atoms with Crippen LogP contribution in [-0.2, 0) is 14.3 Å². The largest absolute Gasteiger partial charge is 0.300 e. The zero-order chi connectivity index (χ0) is 14.9. The van der Waals surface area contributed by atoms with Crippen LogP contribution in [0.4, 0.5) is 0 Å². The fraction of sp³-hybridized carbons (Fsp3) is 0.600. The van der Waals surface area contributed by atoms with Crippen LogP contribution in [0, 0.1) is 0 Å². The van der Waals surface area contributed by atoms with Crippen molar-refractivity contribution < 1.29 is 12.6 Å². The van der Waals surface area contributed by atoms with Crippen LogP contribution < -0.4 is 0 Å². The molecule has 1 saturated heterocycles. The summed E-state index contributed by atoms with van der Waals surface area (Å²) in [6, 6.07) is 7.29. The van der Waals surface area contributed by atoms with Crippen LogP contribution >= 0.6 is 15.9 Å². The molecule has 1 aliphatic carbocycles. The van der Waals surface area contributed by atoms with Crippen molar-refractivity contribution in [2.24, 2.45) is 0 Å². The average Bonchev–Trinajstić information content (AvgIpc) is 2.43. The Kier molecular flexibility index (Phi) is 4.69. The van der Waals surface area contributed by atoms with Crippen LogP contribution in [0.15, 0.2) is 33.6 Å². The van der Waals surface area contributed by atoms with Gasteiger partial charge in [-0.15, -0.1) is 0 Å². The van der Waals surface area contributed by atoms with Gasteiger partial charge in [0.05, 0.1) is 6.10 Å². The first kappa shape index (κ1) is 15.5. The SMILES string of the molecule is O=S(=O)(OC1CC(N2CCCCC2)C1)c1ccccc1Br. The van der Waals surface area contributed by atoms with E-state index >= 15 is 0 Å². The molecule has 1 heterocycles. The van der Waals surface area contributed by atoms with Crippen LogP contribution in [-0.4, -0.2) is 38.6 Å². The fourth-order valence-electron chi connectivity index (χ4n) is 3.08. The highest BCUT2D eigenvalue weighted by atomic mass is 79.9. The molecule has 1 saturated carbocycles. The minimum absolute atomic E-state index is 0.172. The first-order valence-electron chi connectivity index (χ1n) is 7.48. The van der Waals surface area contributed by atoms with E-state index in [4.69, 9.17) is 4.18 Å². The summed E-state index contributed by atoms with van der Waals surface area (Å²) >= 11 is 3.27. The Bertz CT molecular complexity index is 593. The first-order chi connectivity index (χ1) is 10.1. The Morgan fingerprint density at radius 1 is 1.10 bits per heavy atom. The van der Waals surface area contributed by atoms with E-state index in [0.29, 0.717) is 10.5 Å². The number of hydrogen-bond acceptors (Lipinski definition) is 4. The van der Waals surface area contributed by atoms with Crippen LogP contribution in [0.5, 0.6) is 0 Å². The van der Waals surface area contributed by atoms with E-state index in [2.05, 4.69) is 20.8 Å². The molecule has 2 aliphatic rings. The number of nitrogens with zero attached hydrogens (tertiary/aromatic N) is 1. The Morgan fingerprint density at radius 2 is 1.76 bits per heavy atom. The molecule has 1 aromatic carbocycles. The van der Waals surface area contributed by atoms with Crippen molar-refractivity contribution in [2.75, 3.05) is 13.1 Å². The van der Waals surface area contributed by atoms with E-state index in [1.807, 2.05) is 0 Å². The Hall–Kier alpha value is -0.430. The molecule has 0 bridgehead atoms. The molecule has 21 heavy (non-hydrogen) atoms. The van der Waals surface area contributed by atoms with E-state index < -0.39 is 10.1 Å². The van der Waals surface area contributed by atoms with E-state index in [1.54, 1.807) is 24.3 Å². The van der Waals surface area contributed by atoms with Crippen LogP contribution in [0.3, 0.4) is 0 Å². The zero-order valence-electron chi connectivity index (χ0n) is 11.9. The molecule has 0 N–H and O–H groups in total. The summed E-state index contributed by atoms with van der Waals surface area (Å²) in [7, 11) is -3.67. The lowest BCUT2D eigenvalue weighted by Gasteiger charge is -2.43. The van der Waals surface area contributed by atoms with Gasteiger partial charge < -0.3 is 4.90 Å². The molecule has 0 atom stereocenters. The number of likely N-dealkylation sites (tertiary alicyclic amines) is 1. The van der Waals surface area contributed by atoms with Gasteiger partial charge in [0.25, 0.3) is 10.1 Å². The molecule has 1 aliphatic heterocycles. The second-order valence-electron chi connectivity index (χ2n) is 5.82. The smallest absolute Gasteiger partial charge is 0.298 e. The molecule has 4 nitrogen and oxygen atoms in total. The summed E-state index contributed by atoms with van der Waals surface area (Å²) < 4.78 is 30.5. The van der Waals surface area contributed by atoms with Gasteiger partial charge in [-0.05, 0) is 66.8 Å². The highest BCUT2D eigenvalue weighted by molar-refractivity contribution is 9.10. The van der Waals surface area contributed by atoms with Crippen molar-refractivity contribution >= 4 is 26.0 Å². The Balaban J connectivity index is 1.57. The van der Waals surface area contributed by atoms with Gasteiger partial charge in [0, 0.05) is 10.5 Å². The predicted molar refractivity (Wildman–Crippen MR) is 84.6 cm³/mol. The maximum absolute atomic E-state index is 12.3. The summed E-state index contributed by atoms with van der Waals surface area (Å²) in [5.74, 6) is 0. The van der Waals surface area contributed by atoms with Gasteiger partial charge in [-0.3, -0.25) is 4.18 Å². The van der Waals surface area contributed by atoms with E-state index in [0.717, 1.165) is 25.9 Å². The van der Waals surface area contributed by atoms with E-state index in [1.165, 1.54) is 19.3 Å². The highest BCUT2D eigenvalue weighted by Gasteiger charge is 2.38. The lowest BCUT2D eigenvalue weighted by molar-refractivity contribution is 0.0123. The molecular formula is C15H20BrNO3S. The van der Waals surface area contributed by atoms with Gasteiger partial charge in [0.1, 0.15) is 4.90 Å². The van der Waals surface area contributed by atoms with Crippen molar-refractivity contribution in [3.05, 3.63) is 28.7 Å². The predicted octanol–water partition coefficient (Wildman–Crippen LogP) is 3.17. The first-order valence-corrected chi connectivity index (χ1v) is 9.68. The zero-order valence-corrected chi connectivity index (χ0v) is 14.3. The summed E-state index contributed by atoms with van der Waals surface area (Å²) in [5.41, 5.74) is 0. The van der Waals surface area contributed by atoms with E-state index in [9.17, 15) is 8.42 Å². The lowest BCUT2D eigenvalue weighted by Crippen LogP contribution is -2.50. The molecule has 0 radical (unpaired) electrons. The number of rotatable bonds is 4. The molecule has 3 rings (SSSR count). The summed E-state index contributed by atoms with van der Waals surface area (Å²) in [4.78, 5) is 2.69. The van der Waals surface area contributed by atoms with Gasteiger partial charge in [0.2, 0.25) is 0 Å². The normalized spacial score (nSPS) is 27.3. The summed E-state index contributed by atoms with van der Waals surface area (Å²) in [6.07, 6.45) is 5.32. The number of hydrogen-bond donors (Lipinski definition) is 0. The molecular weight excluding hydrogens is 354 g/mol. The van der Waals surface area contributed by atoms with Crippen molar-refractivity contribution in [2.45, 2.75) is 49.1 Å². The Morgan fingerprint density at radius 3 is 2.43 bits per heavy atom. The topological polar surface area (TPSA) is 46.6 Å². The molecule has 0 unspecified atom stereocenters. The monoisotopic (exact) mass is 373 g/mol. The Labute approximate surface area is 134 Å². The van der Waals surface area contributed by atoms with Crippen LogP contribution in [0.2, 0.25) is 0 Å². The third-order valence-corrected chi connectivity index (χ3v) is 6.72. The van der Waals surface area contributed by atoms with Crippen molar-refractivity contribution in [3.8, 4) is 0 Å². The fourth-order valence-corrected chi connectivity index (χ4v) is 5.13. The third-order valence-electron chi connectivity index (χ3n) is 4.35. The molecule has 2 fully saturated rings. The number of benzene rings is 1. The molecule has 116 valence electrons. The number of piperidine rings is 1.